The maximum atomic E-state index is 12.2. The fourth-order valence-corrected chi connectivity index (χ4v) is 2.86. The van der Waals surface area contributed by atoms with Crippen molar-refractivity contribution in [2.75, 3.05) is 10.6 Å². The molecule has 2 amide bonds. The van der Waals surface area contributed by atoms with Crippen molar-refractivity contribution in [1.29, 1.82) is 0 Å². The Kier molecular flexibility index (Phi) is 3.43. The Labute approximate surface area is 139 Å². The van der Waals surface area contributed by atoms with Crippen LogP contribution in [0.4, 0.5) is 16.2 Å². The Morgan fingerprint density at radius 1 is 0.792 bits per heavy atom. The van der Waals surface area contributed by atoms with Crippen molar-refractivity contribution in [2.24, 2.45) is 0 Å². The highest BCUT2D eigenvalue weighted by molar-refractivity contribution is 6.09. The van der Waals surface area contributed by atoms with Crippen molar-refractivity contribution in [2.45, 2.75) is 6.92 Å². The molecule has 0 aliphatic carbocycles. The molecule has 0 spiro atoms. The molecule has 0 atom stereocenters. The number of nitrogens with one attached hydrogen (secondary N) is 3. The molecule has 3 aromatic carbocycles. The molecule has 1 aromatic heterocycles. The third-order valence-corrected chi connectivity index (χ3v) is 4.07. The number of carbonyl (C=O) groups is 1. The zero-order valence-electron chi connectivity index (χ0n) is 13.3. The van der Waals surface area contributed by atoms with E-state index in [9.17, 15) is 4.79 Å². The molecule has 3 N–H and O–H groups in total. The van der Waals surface area contributed by atoms with Gasteiger partial charge in [0.15, 0.2) is 0 Å². The fourth-order valence-electron chi connectivity index (χ4n) is 2.86. The highest BCUT2D eigenvalue weighted by atomic mass is 16.2. The quantitative estimate of drug-likeness (QED) is 0.463. The van der Waals surface area contributed by atoms with Crippen molar-refractivity contribution < 1.29 is 4.79 Å². The van der Waals surface area contributed by atoms with Crippen LogP contribution in [0.25, 0.3) is 21.8 Å². The number of aromatic nitrogens is 1. The molecule has 0 aliphatic heterocycles. The zero-order chi connectivity index (χ0) is 16.5. The van der Waals surface area contributed by atoms with E-state index < -0.39 is 0 Å². The third-order valence-electron chi connectivity index (χ3n) is 4.07. The van der Waals surface area contributed by atoms with Gasteiger partial charge in [0.2, 0.25) is 0 Å². The van der Waals surface area contributed by atoms with Gasteiger partial charge < -0.3 is 15.6 Å². The molecule has 1 heterocycles. The van der Waals surface area contributed by atoms with E-state index in [2.05, 4.69) is 21.7 Å². The number of aryl methyl sites for hydroxylation is 1. The van der Waals surface area contributed by atoms with Gasteiger partial charge in [0.25, 0.3) is 0 Å². The summed E-state index contributed by atoms with van der Waals surface area (Å²) in [4.78, 5) is 15.5. The Hall–Kier alpha value is -3.27. The van der Waals surface area contributed by atoms with E-state index in [0.717, 1.165) is 38.7 Å². The monoisotopic (exact) mass is 315 g/mol. The number of amides is 2. The Morgan fingerprint density at radius 3 is 2.29 bits per heavy atom. The van der Waals surface area contributed by atoms with Crippen LogP contribution in [0.1, 0.15) is 5.56 Å². The van der Waals surface area contributed by atoms with Gasteiger partial charge in [-0.2, -0.15) is 0 Å². The van der Waals surface area contributed by atoms with Gasteiger partial charge >= 0.3 is 6.03 Å². The molecule has 24 heavy (non-hydrogen) atoms. The van der Waals surface area contributed by atoms with Crippen LogP contribution in [0.15, 0.2) is 66.7 Å². The van der Waals surface area contributed by atoms with Gasteiger partial charge in [0, 0.05) is 33.2 Å². The second kappa shape index (κ2) is 5.74. The number of urea groups is 1. The minimum Gasteiger partial charge on any atom is -0.355 e. The number of carbonyl (C=O) groups excluding carboxylic acids is 1. The first-order valence-electron chi connectivity index (χ1n) is 7.84. The van der Waals surface area contributed by atoms with E-state index in [1.807, 2.05) is 67.6 Å². The molecule has 4 nitrogen and oxygen atoms in total. The normalized spacial score (nSPS) is 10.9. The summed E-state index contributed by atoms with van der Waals surface area (Å²) in [6, 6.07) is 21.5. The number of hydrogen-bond acceptors (Lipinski definition) is 1. The van der Waals surface area contributed by atoms with E-state index in [1.54, 1.807) is 0 Å². The average molecular weight is 315 g/mol. The molecule has 118 valence electrons. The smallest absolute Gasteiger partial charge is 0.323 e. The van der Waals surface area contributed by atoms with Crippen molar-refractivity contribution in [3.05, 3.63) is 72.3 Å². The van der Waals surface area contributed by atoms with Gasteiger partial charge in [-0.3, -0.25) is 0 Å². The summed E-state index contributed by atoms with van der Waals surface area (Å²) in [6.07, 6.45) is 0. The lowest BCUT2D eigenvalue weighted by Crippen LogP contribution is -2.19. The van der Waals surface area contributed by atoms with Gasteiger partial charge in [-0.25, -0.2) is 4.79 Å². The highest BCUT2D eigenvalue weighted by Gasteiger charge is 2.07. The van der Waals surface area contributed by atoms with Crippen molar-refractivity contribution in [3.8, 4) is 0 Å². The second-order valence-electron chi connectivity index (χ2n) is 5.88. The summed E-state index contributed by atoms with van der Waals surface area (Å²) in [5, 5.41) is 7.97. The molecule has 0 radical (unpaired) electrons. The summed E-state index contributed by atoms with van der Waals surface area (Å²) < 4.78 is 0. The Bertz CT molecular complexity index is 1030. The molecular formula is C20H17N3O. The van der Waals surface area contributed by atoms with Crippen molar-refractivity contribution >= 4 is 39.2 Å². The van der Waals surface area contributed by atoms with Gasteiger partial charge in [-0.05, 0) is 43.3 Å². The molecule has 0 fully saturated rings. The number of hydrogen-bond donors (Lipinski definition) is 3. The zero-order valence-corrected chi connectivity index (χ0v) is 13.3. The summed E-state index contributed by atoms with van der Waals surface area (Å²) in [5.74, 6) is 0. The van der Waals surface area contributed by atoms with E-state index in [-0.39, 0.29) is 6.03 Å². The largest absolute Gasteiger partial charge is 0.355 e. The number of para-hydroxylation sites is 1. The number of benzene rings is 3. The maximum absolute atomic E-state index is 12.2. The lowest BCUT2D eigenvalue weighted by Gasteiger charge is -2.08. The van der Waals surface area contributed by atoms with Crippen molar-refractivity contribution in [3.63, 3.8) is 0 Å². The van der Waals surface area contributed by atoms with Crippen LogP contribution in [0.2, 0.25) is 0 Å². The molecule has 0 bridgehead atoms. The molecule has 0 saturated carbocycles. The predicted octanol–water partition coefficient (Wildman–Crippen LogP) is 5.27. The van der Waals surface area contributed by atoms with Crippen LogP contribution in [0.3, 0.4) is 0 Å². The average Bonchev–Trinajstić information content (AvgIpc) is 2.95. The van der Waals surface area contributed by atoms with E-state index in [0.29, 0.717) is 0 Å². The lowest BCUT2D eigenvalue weighted by atomic mass is 10.1. The summed E-state index contributed by atoms with van der Waals surface area (Å²) >= 11 is 0. The lowest BCUT2D eigenvalue weighted by molar-refractivity contribution is 0.262. The highest BCUT2D eigenvalue weighted by Crippen LogP contribution is 2.27. The molecule has 0 saturated heterocycles. The minimum absolute atomic E-state index is 0.252. The Balaban J connectivity index is 1.58. The minimum atomic E-state index is -0.252. The number of anilines is 2. The fraction of sp³-hybridized carbons (Fsp3) is 0.0500. The first-order valence-corrected chi connectivity index (χ1v) is 7.84. The van der Waals surface area contributed by atoms with Crippen LogP contribution >= 0.6 is 0 Å². The topological polar surface area (TPSA) is 56.9 Å². The molecule has 0 aliphatic rings. The summed E-state index contributed by atoms with van der Waals surface area (Å²) in [5.41, 5.74) is 4.84. The van der Waals surface area contributed by atoms with E-state index in [1.165, 1.54) is 0 Å². The van der Waals surface area contributed by atoms with Gasteiger partial charge in [-0.15, -0.1) is 0 Å². The molecule has 0 unspecified atom stereocenters. The standard InChI is InChI=1S/C20H17N3O/c1-13-6-8-14(9-7-13)21-20(24)22-15-10-11-19-17(12-15)16-4-2-3-5-18(16)23-19/h2-12,23H,1H3,(H2,21,22,24). The second-order valence-corrected chi connectivity index (χ2v) is 5.88. The number of rotatable bonds is 2. The maximum Gasteiger partial charge on any atom is 0.323 e. The van der Waals surface area contributed by atoms with Gasteiger partial charge in [0.1, 0.15) is 0 Å². The van der Waals surface area contributed by atoms with Crippen LogP contribution in [-0.4, -0.2) is 11.0 Å². The van der Waals surface area contributed by atoms with Crippen LogP contribution in [-0.2, 0) is 0 Å². The molecule has 4 heteroatoms. The van der Waals surface area contributed by atoms with Crippen LogP contribution < -0.4 is 10.6 Å². The first kappa shape index (κ1) is 14.3. The van der Waals surface area contributed by atoms with E-state index in [4.69, 9.17) is 0 Å². The number of H-pyrrole nitrogens is 1. The van der Waals surface area contributed by atoms with Crippen LogP contribution in [0, 0.1) is 6.92 Å². The SMILES string of the molecule is Cc1ccc(NC(=O)Nc2ccc3[nH]c4ccccc4c3c2)cc1. The molecule has 4 aromatic rings. The first-order chi connectivity index (χ1) is 11.7. The summed E-state index contributed by atoms with van der Waals surface area (Å²) in [6.45, 7) is 2.01. The predicted molar refractivity (Wildman–Crippen MR) is 99.6 cm³/mol. The van der Waals surface area contributed by atoms with Crippen molar-refractivity contribution in [1.82, 2.24) is 4.98 Å². The Morgan fingerprint density at radius 2 is 1.46 bits per heavy atom. The van der Waals surface area contributed by atoms with Crippen LogP contribution in [0.5, 0.6) is 0 Å². The van der Waals surface area contributed by atoms with Gasteiger partial charge in [-0.1, -0.05) is 35.9 Å². The number of aromatic amines is 1. The number of fused-ring (bicyclic) bond motifs is 3. The third kappa shape index (κ3) is 2.70. The summed E-state index contributed by atoms with van der Waals surface area (Å²) in [7, 11) is 0. The van der Waals surface area contributed by atoms with E-state index >= 15 is 0 Å². The van der Waals surface area contributed by atoms with Gasteiger partial charge in [0.05, 0.1) is 0 Å². The molecule has 4 rings (SSSR count). The molecular weight excluding hydrogens is 298 g/mol.